The zero-order chi connectivity index (χ0) is 29.1. The highest BCUT2D eigenvalue weighted by atomic mass is 35.5. The second-order valence-corrected chi connectivity index (χ2v) is 10.6. The highest BCUT2D eigenvalue weighted by molar-refractivity contribution is 6.30. The Morgan fingerprint density at radius 3 is 2.30 bits per heavy atom. The molecular formula is C31H37ClN2O6. The molecule has 2 aromatic carbocycles. The SMILES string of the molecule is COc1cc(CN(CC2CCCCC2)[C@@H](C)c2ccc(Cl)cc2)ccc1C#CCN1C(=O)CCC1=O.O=C(O)O. The van der Waals surface area contributed by atoms with Crippen molar-refractivity contribution in [2.24, 2.45) is 5.92 Å². The molecule has 0 spiro atoms. The zero-order valence-electron chi connectivity index (χ0n) is 23.1. The summed E-state index contributed by atoms with van der Waals surface area (Å²) in [5, 5.41) is 14.7. The maximum atomic E-state index is 11.8. The number of hydrogen-bond acceptors (Lipinski definition) is 5. The van der Waals surface area contributed by atoms with Gasteiger partial charge in [0.05, 0.1) is 19.2 Å². The third-order valence-electron chi connectivity index (χ3n) is 7.38. The van der Waals surface area contributed by atoms with Gasteiger partial charge in [-0.1, -0.05) is 60.9 Å². The molecule has 0 radical (unpaired) electrons. The van der Waals surface area contributed by atoms with E-state index in [-0.39, 0.29) is 37.2 Å². The van der Waals surface area contributed by atoms with E-state index in [1.165, 1.54) is 48.1 Å². The molecule has 2 aromatic rings. The Kier molecular flexibility index (Phi) is 11.9. The fourth-order valence-electron chi connectivity index (χ4n) is 5.20. The molecule has 0 bridgehead atoms. The van der Waals surface area contributed by atoms with Crippen LogP contribution in [-0.4, -0.2) is 58.2 Å². The largest absolute Gasteiger partial charge is 0.503 e. The van der Waals surface area contributed by atoms with Gasteiger partial charge in [-0.05, 0) is 61.1 Å². The second-order valence-electron chi connectivity index (χ2n) is 10.2. The fourth-order valence-corrected chi connectivity index (χ4v) is 5.32. The van der Waals surface area contributed by atoms with Gasteiger partial charge in [-0.3, -0.25) is 19.4 Å². The summed E-state index contributed by atoms with van der Waals surface area (Å²) < 4.78 is 5.66. The molecule has 40 heavy (non-hydrogen) atoms. The average molecular weight is 569 g/mol. The minimum atomic E-state index is -1.83. The molecule has 1 aliphatic heterocycles. The van der Waals surface area contributed by atoms with Crippen molar-refractivity contribution in [3.8, 4) is 17.6 Å². The number of methoxy groups -OCH3 is 1. The number of hydrogen-bond donors (Lipinski definition) is 2. The van der Waals surface area contributed by atoms with Gasteiger partial charge in [-0.25, -0.2) is 4.79 Å². The summed E-state index contributed by atoms with van der Waals surface area (Å²) in [7, 11) is 1.65. The van der Waals surface area contributed by atoms with Crippen molar-refractivity contribution in [3.63, 3.8) is 0 Å². The third kappa shape index (κ3) is 9.29. The van der Waals surface area contributed by atoms with Crippen molar-refractivity contribution in [2.45, 2.75) is 64.5 Å². The Bertz CT molecular complexity index is 1210. The van der Waals surface area contributed by atoms with Gasteiger partial charge in [0, 0.05) is 37.0 Å². The maximum Gasteiger partial charge on any atom is 0.503 e. The number of benzene rings is 2. The van der Waals surface area contributed by atoms with E-state index in [0.717, 1.165) is 29.6 Å². The Morgan fingerprint density at radius 2 is 1.70 bits per heavy atom. The molecule has 4 rings (SSSR count). The number of carbonyl (C=O) groups is 3. The average Bonchev–Trinajstić information content (AvgIpc) is 3.26. The Balaban J connectivity index is 0.00000103. The molecule has 1 aliphatic carbocycles. The third-order valence-corrected chi connectivity index (χ3v) is 7.64. The van der Waals surface area contributed by atoms with Crippen LogP contribution in [0.4, 0.5) is 4.79 Å². The van der Waals surface area contributed by atoms with Gasteiger partial charge >= 0.3 is 6.16 Å². The molecule has 9 heteroatoms. The molecule has 0 unspecified atom stereocenters. The number of rotatable bonds is 8. The van der Waals surface area contributed by atoms with Gasteiger partial charge in [0.1, 0.15) is 5.75 Å². The van der Waals surface area contributed by atoms with Crippen molar-refractivity contribution < 1.29 is 29.3 Å². The normalized spacial score (nSPS) is 16.1. The molecular weight excluding hydrogens is 532 g/mol. The van der Waals surface area contributed by atoms with Crippen LogP contribution in [0.5, 0.6) is 5.75 Å². The predicted molar refractivity (Wildman–Crippen MR) is 153 cm³/mol. The molecule has 1 heterocycles. The van der Waals surface area contributed by atoms with Crippen LogP contribution in [0.25, 0.3) is 0 Å². The van der Waals surface area contributed by atoms with E-state index in [0.29, 0.717) is 5.75 Å². The molecule has 2 aliphatic rings. The zero-order valence-corrected chi connectivity index (χ0v) is 23.8. The topological polar surface area (TPSA) is 107 Å². The quantitative estimate of drug-likeness (QED) is 0.288. The van der Waals surface area contributed by atoms with E-state index >= 15 is 0 Å². The van der Waals surface area contributed by atoms with Crippen LogP contribution in [0.3, 0.4) is 0 Å². The molecule has 2 amide bonds. The van der Waals surface area contributed by atoms with Crippen LogP contribution in [-0.2, 0) is 16.1 Å². The smallest absolute Gasteiger partial charge is 0.495 e. The minimum absolute atomic E-state index is 0.121. The van der Waals surface area contributed by atoms with E-state index in [1.807, 2.05) is 18.2 Å². The molecule has 0 aromatic heterocycles. The van der Waals surface area contributed by atoms with E-state index < -0.39 is 6.16 Å². The number of nitrogens with zero attached hydrogens (tertiary/aromatic N) is 2. The lowest BCUT2D eigenvalue weighted by Gasteiger charge is -2.34. The standard InChI is InChI=1S/C30H35ClN2O3.CH2O3/c1-22(25-12-14-27(31)15-13-25)32(20-23-7-4-3-5-8-23)21-24-10-11-26(28(19-24)36-2)9-6-18-33-29(34)16-17-30(33)35;2-1(3)4/h10-15,19,22-23H,3-5,7-8,16-18,20-21H2,1-2H3;(H2,2,3,4)/t22-;/m0./s1. The van der Waals surface area contributed by atoms with Crippen LogP contribution >= 0.6 is 11.6 Å². The summed E-state index contributed by atoms with van der Waals surface area (Å²) in [5.74, 6) is 7.18. The van der Waals surface area contributed by atoms with Crippen molar-refractivity contribution in [3.05, 3.63) is 64.2 Å². The summed E-state index contributed by atoms with van der Waals surface area (Å²) in [5.41, 5.74) is 3.18. The van der Waals surface area contributed by atoms with Gasteiger partial charge in [0.15, 0.2) is 0 Å². The van der Waals surface area contributed by atoms with Gasteiger partial charge in [-0.2, -0.15) is 0 Å². The predicted octanol–water partition coefficient (Wildman–Crippen LogP) is 6.22. The van der Waals surface area contributed by atoms with E-state index in [9.17, 15) is 9.59 Å². The van der Waals surface area contributed by atoms with Crippen molar-refractivity contribution >= 4 is 29.6 Å². The van der Waals surface area contributed by atoms with Gasteiger partial charge in [0.2, 0.25) is 11.8 Å². The lowest BCUT2D eigenvalue weighted by Crippen LogP contribution is -2.32. The van der Waals surface area contributed by atoms with Crippen LogP contribution in [0, 0.1) is 17.8 Å². The van der Waals surface area contributed by atoms with Crippen LogP contribution in [0.15, 0.2) is 42.5 Å². The first-order valence-electron chi connectivity index (χ1n) is 13.6. The van der Waals surface area contributed by atoms with Crippen molar-refractivity contribution in [1.82, 2.24) is 9.80 Å². The number of imide groups is 1. The van der Waals surface area contributed by atoms with Crippen molar-refractivity contribution in [2.75, 3.05) is 20.2 Å². The number of carboxylic acid groups (broad SMARTS) is 2. The first-order valence-corrected chi connectivity index (χ1v) is 14.0. The first-order chi connectivity index (χ1) is 19.2. The highest BCUT2D eigenvalue weighted by Gasteiger charge is 2.27. The molecule has 1 atom stereocenters. The van der Waals surface area contributed by atoms with Gasteiger partial charge < -0.3 is 14.9 Å². The molecule has 2 fully saturated rings. The van der Waals surface area contributed by atoms with E-state index in [2.05, 4.69) is 47.9 Å². The van der Waals surface area contributed by atoms with Crippen LogP contribution in [0.2, 0.25) is 5.02 Å². The lowest BCUT2D eigenvalue weighted by molar-refractivity contribution is -0.137. The number of ether oxygens (including phenoxy) is 1. The Hall–Kier alpha value is -3.54. The minimum Gasteiger partial charge on any atom is -0.495 e. The van der Waals surface area contributed by atoms with E-state index in [1.54, 1.807) is 7.11 Å². The first kappa shape index (κ1) is 31.0. The fraction of sp³-hybridized carbons (Fsp3) is 0.452. The van der Waals surface area contributed by atoms with E-state index in [4.69, 9.17) is 31.3 Å². The molecule has 1 saturated heterocycles. The van der Waals surface area contributed by atoms with Crippen LogP contribution < -0.4 is 4.74 Å². The number of halogens is 1. The van der Waals surface area contributed by atoms with Gasteiger partial charge in [-0.15, -0.1) is 0 Å². The summed E-state index contributed by atoms with van der Waals surface area (Å²) in [6.45, 7) is 4.26. The lowest BCUT2D eigenvalue weighted by atomic mass is 9.88. The van der Waals surface area contributed by atoms with Crippen LogP contribution in [0.1, 0.15) is 74.6 Å². The molecule has 2 N–H and O–H groups in total. The molecule has 8 nitrogen and oxygen atoms in total. The number of likely N-dealkylation sites (tertiary alicyclic amines) is 1. The monoisotopic (exact) mass is 568 g/mol. The van der Waals surface area contributed by atoms with Gasteiger partial charge in [0.25, 0.3) is 0 Å². The second kappa shape index (κ2) is 15.3. The highest BCUT2D eigenvalue weighted by Crippen LogP contribution is 2.31. The molecule has 214 valence electrons. The summed E-state index contributed by atoms with van der Waals surface area (Å²) >= 11 is 6.14. The summed E-state index contributed by atoms with van der Waals surface area (Å²) in [6, 6.07) is 14.6. The van der Waals surface area contributed by atoms with Crippen molar-refractivity contribution in [1.29, 1.82) is 0 Å². The Morgan fingerprint density at radius 1 is 1.07 bits per heavy atom. The number of carbonyl (C=O) groups excluding carboxylic acids is 2. The Labute approximate surface area is 240 Å². The molecule has 1 saturated carbocycles. The maximum absolute atomic E-state index is 11.8. The summed E-state index contributed by atoms with van der Waals surface area (Å²) in [4.78, 5) is 36.0. The number of amides is 2. The summed E-state index contributed by atoms with van der Waals surface area (Å²) in [6.07, 6.45) is 5.32.